The smallest absolute Gasteiger partial charge is 0.230 e. The second kappa shape index (κ2) is 6.40. The van der Waals surface area contributed by atoms with Crippen molar-refractivity contribution in [3.63, 3.8) is 0 Å². The summed E-state index contributed by atoms with van der Waals surface area (Å²) in [5.74, 6) is 0.800. The number of amides is 1. The molecule has 0 saturated carbocycles. The molecule has 0 aromatic heterocycles. The van der Waals surface area contributed by atoms with E-state index in [-0.39, 0.29) is 23.0 Å². The molecule has 0 aliphatic carbocycles. The monoisotopic (exact) mass is 332 g/mol. The summed E-state index contributed by atoms with van der Waals surface area (Å²) in [6.45, 7) is 12.7. The SMILES string of the molecule is COc1ccccc1C(C)(C)C(=O)NC1CC(C)(C)NC(C)(C)C1. The van der Waals surface area contributed by atoms with Crippen LogP contribution in [0.3, 0.4) is 0 Å². The van der Waals surface area contributed by atoms with Gasteiger partial charge in [-0.15, -0.1) is 0 Å². The highest BCUT2D eigenvalue weighted by Gasteiger charge is 2.40. The predicted molar refractivity (Wildman–Crippen MR) is 98.5 cm³/mol. The zero-order chi connectivity index (χ0) is 18.2. The molecule has 4 heteroatoms. The first-order chi connectivity index (χ1) is 11.0. The fraction of sp³-hybridized carbons (Fsp3) is 0.650. The molecular weight excluding hydrogens is 300 g/mol. The molecule has 1 aromatic carbocycles. The van der Waals surface area contributed by atoms with Crippen LogP contribution in [-0.4, -0.2) is 30.1 Å². The van der Waals surface area contributed by atoms with Crippen molar-refractivity contribution in [1.29, 1.82) is 0 Å². The lowest BCUT2D eigenvalue weighted by molar-refractivity contribution is -0.127. The van der Waals surface area contributed by atoms with E-state index in [1.54, 1.807) is 7.11 Å². The Labute approximate surface area is 146 Å². The predicted octanol–water partition coefficient (Wildman–Crippen LogP) is 3.40. The van der Waals surface area contributed by atoms with E-state index in [0.717, 1.165) is 24.2 Å². The van der Waals surface area contributed by atoms with Gasteiger partial charge in [0.25, 0.3) is 0 Å². The van der Waals surface area contributed by atoms with Crippen LogP contribution < -0.4 is 15.4 Å². The van der Waals surface area contributed by atoms with Crippen LogP contribution in [0.1, 0.15) is 59.9 Å². The summed E-state index contributed by atoms with van der Waals surface area (Å²) >= 11 is 0. The fourth-order valence-corrected chi connectivity index (χ4v) is 4.07. The summed E-state index contributed by atoms with van der Waals surface area (Å²) in [6.07, 6.45) is 1.84. The first-order valence-corrected chi connectivity index (χ1v) is 8.71. The molecule has 24 heavy (non-hydrogen) atoms. The molecular formula is C20H32N2O2. The summed E-state index contributed by atoms with van der Waals surface area (Å²) in [5, 5.41) is 6.94. The van der Waals surface area contributed by atoms with Gasteiger partial charge in [-0.05, 0) is 60.5 Å². The van der Waals surface area contributed by atoms with Crippen molar-refractivity contribution in [3.05, 3.63) is 29.8 Å². The van der Waals surface area contributed by atoms with Gasteiger partial charge < -0.3 is 15.4 Å². The van der Waals surface area contributed by atoms with E-state index in [1.807, 2.05) is 38.1 Å². The van der Waals surface area contributed by atoms with Gasteiger partial charge in [0.2, 0.25) is 5.91 Å². The van der Waals surface area contributed by atoms with Gasteiger partial charge in [-0.1, -0.05) is 18.2 Å². The topological polar surface area (TPSA) is 50.4 Å². The number of hydrogen-bond acceptors (Lipinski definition) is 3. The van der Waals surface area contributed by atoms with Gasteiger partial charge in [-0.3, -0.25) is 4.79 Å². The Bertz CT molecular complexity index is 589. The molecule has 1 aromatic rings. The number of carbonyl (C=O) groups is 1. The van der Waals surface area contributed by atoms with E-state index in [2.05, 4.69) is 38.3 Å². The number of hydrogen-bond donors (Lipinski definition) is 2. The minimum Gasteiger partial charge on any atom is -0.496 e. The normalized spacial score (nSPS) is 20.5. The Hall–Kier alpha value is -1.55. The van der Waals surface area contributed by atoms with Crippen molar-refractivity contribution in [2.45, 2.75) is 76.9 Å². The second-order valence-electron chi connectivity index (χ2n) is 8.80. The quantitative estimate of drug-likeness (QED) is 0.888. The largest absolute Gasteiger partial charge is 0.496 e. The fourth-order valence-electron chi connectivity index (χ4n) is 4.07. The van der Waals surface area contributed by atoms with E-state index in [9.17, 15) is 4.79 Å². The number of rotatable bonds is 4. The van der Waals surface area contributed by atoms with Gasteiger partial charge in [0.05, 0.1) is 12.5 Å². The molecule has 1 heterocycles. The number of methoxy groups -OCH3 is 1. The lowest BCUT2D eigenvalue weighted by atomic mass is 9.78. The summed E-state index contributed by atoms with van der Waals surface area (Å²) in [7, 11) is 1.64. The van der Waals surface area contributed by atoms with E-state index in [4.69, 9.17) is 4.74 Å². The van der Waals surface area contributed by atoms with Crippen LogP contribution in [0.25, 0.3) is 0 Å². The first-order valence-electron chi connectivity index (χ1n) is 8.71. The van der Waals surface area contributed by atoms with Crippen molar-refractivity contribution in [2.75, 3.05) is 7.11 Å². The van der Waals surface area contributed by atoms with Crippen LogP contribution >= 0.6 is 0 Å². The Morgan fingerprint density at radius 2 is 1.71 bits per heavy atom. The molecule has 1 fully saturated rings. The highest BCUT2D eigenvalue weighted by atomic mass is 16.5. The Morgan fingerprint density at radius 1 is 1.17 bits per heavy atom. The molecule has 4 nitrogen and oxygen atoms in total. The third kappa shape index (κ3) is 4.10. The number of piperidine rings is 1. The molecule has 0 atom stereocenters. The molecule has 0 unspecified atom stereocenters. The molecule has 0 bridgehead atoms. The second-order valence-corrected chi connectivity index (χ2v) is 8.80. The van der Waals surface area contributed by atoms with E-state index < -0.39 is 5.41 Å². The van der Waals surface area contributed by atoms with Gasteiger partial charge >= 0.3 is 0 Å². The molecule has 2 N–H and O–H groups in total. The minimum absolute atomic E-state index is 0.00821. The maximum atomic E-state index is 13.0. The Balaban J connectivity index is 2.19. The zero-order valence-corrected chi connectivity index (χ0v) is 16.1. The lowest BCUT2D eigenvalue weighted by Crippen LogP contribution is -2.63. The van der Waals surface area contributed by atoms with Crippen LogP contribution in [0.5, 0.6) is 5.75 Å². The van der Waals surface area contributed by atoms with Crippen LogP contribution in [0.15, 0.2) is 24.3 Å². The summed E-state index contributed by atoms with van der Waals surface area (Å²) < 4.78 is 5.45. The van der Waals surface area contributed by atoms with Crippen molar-refractivity contribution in [3.8, 4) is 5.75 Å². The van der Waals surface area contributed by atoms with Gasteiger partial charge in [-0.2, -0.15) is 0 Å². The maximum absolute atomic E-state index is 13.0. The number of para-hydroxylation sites is 1. The number of carbonyl (C=O) groups excluding carboxylic acids is 1. The van der Waals surface area contributed by atoms with Crippen LogP contribution in [0, 0.1) is 0 Å². The summed E-state index contributed by atoms with van der Waals surface area (Å²) in [6, 6.07) is 7.91. The first kappa shape index (κ1) is 18.8. The average Bonchev–Trinajstić information content (AvgIpc) is 2.43. The van der Waals surface area contributed by atoms with Gasteiger partial charge in [-0.25, -0.2) is 0 Å². The molecule has 1 amide bonds. The zero-order valence-electron chi connectivity index (χ0n) is 16.1. The molecule has 1 aliphatic rings. The van der Waals surface area contributed by atoms with Crippen LogP contribution in [-0.2, 0) is 10.2 Å². The molecule has 1 aliphatic heterocycles. The van der Waals surface area contributed by atoms with Crippen LogP contribution in [0.4, 0.5) is 0 Å². The highest BCUT2D eigenvalue weighted by Crippen LogP contribution is 2.33. The van der Waals surface area contributed by atoms with Crippen molar-refractivity contribution >= 4 is 5.91 Å². The molecule has 134 valence electrons. The van der Waals surface area contributed by atoms with Crippen molar-refractivity contribution in [1.82, 2.24) is 10.6 Å². The van der Waals surface area contributed by atoms with Gasteiger partial charge in [0.15, 0.2) is 0 Å². The third-order valence-electron chi connectivity index (χ3n) is 4.87. The third-order valence-corrected chi connectivity index (χ3v) is 4.87. The average molecular weight is 332 g/mol. The molecule has 1 saturated heterocycles. The molecule has 0 spiro atoms. The Kier molecular flexibility index (Phi) is 5.01. The van der Waals surface area contributed by atoms with Crippen molar-refractivity contribution in [2.24, 2.45) is 0 Å². The number of ether oxygens (including phenoxy) is 1. The highest BCUT2D eigenvalue weighted by molar-refractivity contribution is 5.88. The van der Waals surface area contributed by atoms with Crippen molar-refractivity contribution < 1.29 is 9.53 Å². The molecule has 2 rings (SSSR count). The lowest BCUT2D eigenvalue weighted by Gasteiger charge is -2.47. The standard InChI is InChI=1S/C20H32N2O2/c1-18(2)12-14(13-19(3,4)22-18)21-17(23)20(5,6)15-10-8-9-11-16(15)24-7/h8-11,14,22H,12-13H2,1-7H3,(H,21,23). The van der Waals surface area contributed by atoms with Gasteiger partial charge in [0, 0.05) is 22.7 Å². The van der Waals surface area contributed by atoms with Gasteiger partial charge in [0.1, 0.15) is 5.75 Å². The summed E-state index contributed by atoms with van der Waals surface area (Å²) in [5.41, 5.74) is 0.284. The summed E-state index contributed by atoms with van der Waals surface area (Å²) in [4.78, 5) is 13.0. The van der Waals surface area contributed by atoms with E-state index in [1.165, 1.54) is 0 Å². The Morgan fingerprint density at radius 3 is 2.25 bits per heavy atom. The minimum atomic E-state index is -0.647. The molecule has 0 radical (unpaired) electrons. The van der Waals surface area contributed by atoms with E-state index in [0.29, 0.717) is 0 Å². The van der Waals surface area contributed by atoms with Crippen LogP contribution in [0.2, 0.25) is 0 Å². The number of benzene rings is 1. The van der Waals surface area contributed by atoms with E-state index >= 15 is 0 Å². The maximum Gasteiger partial charge on any atom is 0.230 e. The number of nitrogens with one attached hydrogen (secondary N) is 2.